The molecule has 1 aliphatic carbocycles. The monoisotopic (exact) mass is 227 g/mol. The molecule has 1 heterocycles. The summed E-state index contributed by atoms with van der Waals surface area (Å²) in [7, 11) is 0. The summed E-state index contributed by atoms with van der Waals surface area (Å²) in [6.45, 7) is 0. The molecule has 3 nitrogen and oxygen atoms in total. The minimum absolute atomic E-state index is 0.542. The van der Waals surface area contributed by atoms with Gasteiger partial charge in [0.2, 0.25) is 0 Å². The number of nitrogen functional groups attached to an aromatic ring is 1. The first-order valence-electron chi connectivity index (χ1n) is 3.43. The van der Waals surface area contributed by atoms with Gasteiger partial charge in [-0.25, -0.2) is 9.38 Å². The molecule has 13 heavy (non-hydrogen) atoms. The standard InChI is InChI=1S/C7H5N3S3/c8-7-9-4-1-5(11)3(10-12)2-6(4)13-7/h1-2,12H,(H2,8,9)/b10-3-. The fraction of sp³-hybridized carbons (Fsp3) is 0. The van der Waals surface area contributed by atoms with Crippen molar-refractivity contribution >= 4 is 64.2 Å². The van der Waals surface area contributed by atoms with E-state index in [-0.39, 0.29) is 0 Å². The smallest absolute Gasteiger partial charge is 0.181 e. The maximum absolute atomic E-state index is 5.56. The molecule has 0 atom stereocenters. The molecule has 0 saturated carbocycles. The number of aromatic nitrogens is 1. The highest BCUT2D eigenvalue weighted by Gasteiger charge is 2.08. The van der Waals surface area contributed by atoms with Crippen molar-refractivity contribution in [2.75, 3.05) is 5.73 Å². The van der Waals surface area contributed by atoms with E-state index >= 15 is 0 Å². The molecule has 1 aliphatic rings. The third-order valence-electron chi connectivity index (χ3n) is 1.59. The van der Waals surface area contributed by atoms with E-state index in [0.717, 1.165) is 9.88 Å². The number of fused-ring (bicyclic) bond motifs is 1. The average Bonchev–Trinajstić information content (AvgIpc) is 2.42. The lowest BCUT2D eigenvalue weighted by Gasteiger charge is -1.98. The van der Waals surface area contributed by atoms with Crippen molar-refractivity contribution in [1.82, 2.24) is 4.98 Å². The van der Waals surface area contributed by atoms with E-state index in [1.165, 1.54) is 11.3 Å². The number of thiocarbonyl (C=S) groups is 1. The fourth-order valence-corrected chi connectivity index (χ4v) is 2.24. The van der Waals surface area contributed by atoms with Crippen molar-refractivity contribution < 1.29 is 0 Å². The van der Waals surface area contributed by atoms with Gasteiger partial charge in [-0.3, -0.25) is 0 Å². The van der Waals surface area contributed by atoms with E-state index in [2.05, 4.69) is 22.2 Å². The summed E-state index contributed by atoms with van der Waals surface area (Å²) in [6.07, 6.45) is 3.63. The molecule has 6 heteroatoms. The predicted octanol–water partition coefficient (Wildman–Crippen LogP) is -0.0444. The summed E-state index contributed by atoms with van der Waals surface area (Å²) in [6, 6.07) is 0. The van der Waals surface area contributed by atoms with Crippen LogP contribution in [0.25, 0.3) is 12.2 Å². The molecule has 0 bridgehead atoms. The van der Waals surface area contributed by atoms with Crippen LogP contribution < -0.4 is 15.6 Å². The molecule has 0 spiro atoms. The minimum atomic E-state index is 0.542. The lowest BCUT2D eigenvalue weighted by molar-refractivity contribution is 1.33. The molecular weight excluding hydrogens is 222 g/mol. The van der Waals surface area contributed by atoms with E-state index in [4.69, 9.17) is 18.0 Å². The molecular formula is C7H5N3S3. The van der Waals surface area contributed by atoms with Crippen LogP contribution in [0.5, 0.6) is 0 Å². The summed E-state index contributed by atoms with van der Waals surface area (Å²) in [5, 5.41) is 1.37. The van der Waals surface area contributed by atoms with Gasteiger partial charge in [-0.05, 0) is 25.0 Å². The Hall–Kier alpha value is -0.720. The number of nitrogens with zero attached hydrogens (tertiary/aromatic N) is 2. The van der Waals surface area contributed by atoms with E-state index in [1.807, 2.05) is 6.08 Å². The fourth-order valence-electron chi connectivity index (χ4n) is 1.04. The highest BCUT2D eigenvalue weighted by Crippen LogP contribution is 2.00. The normalized spacial score (nSPS) is 17.9. The molecule has 0 aromatic carbocycles. The number of hydrogen-bond donors (Lipinski definition) is 2. The Labute approximate surface area is 89.3 Å². The van der Waals surface area contributed by atoms with Gasteiger partial charge in [0.1, 0.15) is 0 Å². The van der Waals surface area contributed by atoms with Gasteiger partial charge >= 0.3 is 0 Å². The van der Waals surface area contributed by atoms with Gasteiger partial charge in [0.15, 0.2) is 5.13 Å². The summed E-state index contributed by atoms with van der Waals surface area (Å²) < 4.78 is 4.74. The van der Waals surface area contributed by atoms with Crippen LogP contribution >= 0.6 is 36.4 Å². The topological polar surface area (TPSA) is 51.3 Å². The molecule has 0 aliphatic heterocycles. The Kier molecular flexibility index (Phi) is 2.19. The van der Waals surface area contributed by atoms with Crippen molar-refractivity contribution in [3.63, 3.8) is 0 Å². The molecule has 0 saturated heterocycles. The van der Waals surface area contributed by atoms with E-state index in [1.54, 1.807) is 6.08 Å². The second-order valence-electron chi connectivity index (χ2n) is 2.44. The lowest BCUT2D eigenvalue weighted by atomic mass is 10.2. The molecule has 0 radical (unpaired) electrons. The number of rotatable bonds is 0. The Bertz CT molecular complexity index is 512. The number of nitrogens with two attached hydrogens (primary N) is 1. The maximum Gasteiger partial charge on any atom is 0.181 e. The molecule has 0 unspecified atom stereocenters. The zero-order chi connectivity index (χ0) is 9.42. The van der Waals surface area contributed by atoms with E-state index in [0.29, 0.717) is 15.7 Å². The van der Waals surface area contributed by atoms with Gasteiger partial charge in [0, 0.05) is 0 Å². The Morgan fingerprint density at radius 1 is 1.54 bits per heavy atom. The summed E-state index contributed by atoms with van der Waals surface area (Å²) >= 11 is 10.3. The van der Waals surface area contributed by atoms with Gasteiger partial charge in [-0.2, -0.15) is 0 Å². The van der Waals surface area contributed by atoms with Crippen LogP contribution in [0, 0.1) is 0 Å². The maximum atomic E-state index is 5.56. The second kappa shape index (κ2) is 3.21. The van der Waals surface area contributed by atoms with Gasteiger partial charge < -0.3 is 5.73 Å². The first kappa shape index (κ1) is 8.86. The largest absolute Gasteiger partial charge is 0.375 e. The third kappa shape index (κ3) is 1.52. The molecule has 1 aromatic heterocycles. The van der Waals surface area contributed by atoms with Crippen molar-refractivity contribution in [2.24, 2.45) is 4.40 Å². The lowest BCUT2D eigenvalue weighted by Crippen LogP contribution is -2.30. The average molecular weight is 227 g/mol. The van der Waals surface area contributed by atoms with Gasteiger partial charge in [-0.15, -0.1) is 0 Å². The van der Waals surface area contributed by atoms with Crippen LogP contribution in [0.15, 0.2) is 4.40 Å². The highest BCUT2D eigenvalue weighted by molar-refractivity contribution is 7.84. The van der Waals surface area contributed by atoms with E-state index in [9.17, 15) is 0 Å². The third-order valence-corrected chi connectivity index (χ3v) is 2.98. The Morgan fingerprint density at radius 3 is 3.00 bits per heavy atom. The summed E-state index contributed by atoms with van der Waals surface area (Å²) in [5.41, 5.74) is 6.25. The Morgan fingerprint density at radius 2 is 2.31 bits per heavy atom. The zero-order valence-electron chi connectivity index (χ0n) is 6.39. The predicted molar refractivity (Wildman–Crippen MR) is 63.7 cm³/mol. The van der Waals surface area contributed by atoms with Crippen LogP contribution in [-0.4, -0.2) is 15.6 Å². The first-order chi connectivity index (χ1) is 6.20. The SMILES string of the molecule is Nc1nc2c(s1)=C/C(=N/S)C(=S)C=2. The van der Waals surface area contributed by atoms with Crippen LogP contribution in [0.4, 0.5) is 5.13 Å². The first-order valence-corrected chi connectivity index (χ1v) is 5.05. The van der Waals surface area contributed by atoms with Crippen molar-refractivity contribution in [1.29, 1.82) is 0 Å². The highest BCUT2D eigenvalue weighted by atomic mass is 32.1. The van der Waals surface area contributed by atoms with Gasteiger partial charge in [-0.1, -0.05) is 23.6 Å². The number of hydrogen-bond acceptors (Lipinski definition) is 6. The molecule has 2 rings (SSSR count). The Balaban J connectivity index is 2.79. The summed E-state index contributed by atoms with van der Waals surface area (Å²) in [4.78, 5) is 4.76. The minimum Gasteiger partial charge on any atom is -0.375 e. The molecule has 0 fully saturated rings. The van der Waals surface area contributed by atoms with Crippen molar-refractivity contribution in [2.45, 2.75) is 0 Å². The number of thiazole rings is 1. The van der Waals surface area contributed by atoms with Crippen molar-refractivity contribution in [3.05, 3.63) is 9.88 Å². The van der Waals surface area contributed by atoms with Crippen LogP contribution in [0.3, 0.4) is 0 Å². The van der Waals surface area contributed by atoms with Crippen LogP contribution in [0.2, 0.25) is 0 Å². The zero-order valence-corrected chi connectivity index (χ0v) is 8.92. The van der Waals surface area contributed by atoms with Gasteiger partial charge in [0.05, 0.1) is 20.5 Å². The van der Waals surface area contributed by atoms with Crippen molar-refractivity contribution in [3.8, 4) is 0 Å². The number of thiol groups is 1. The van der Waals surface area contributed by atoms with Crippen LogP contribution in [-0.2, 0) is 0 Å². The summed E-state index contributed by atoms with van der Waals surface area (Å²) in [5.74, 6) is 0. The second-order valence-corrected chi connectivity index (χ2v) is 4.14. The molecule has 0 amide bonds. The quantitative estimate of drug-likeness (QED) is 0.483. The van der Waals surface area contributed by atoms with E-state index < -0.39 is 0 Å². The van der Waals surface area contributed by atoms with Crippen LogP contribution in [0.1, 0.15) is 0 Å². The molecule has 1 aromatic rings. The molecule has 2 N–H and O–H groups in total. The van der Waals surface area contributed by atoms with Gasteiger partial charge in [0.25, 0.3) is 0 Å². The molecule has 66 valence electrons. The number of anilines is 1.